The molecule has 0 spiro atoms. The van der Waals surface area contributed by atoms with Gasteiger partial charge in [-0.05, 0) is 44.4 Å². The molecule has 1 saturated heterocycles. The second-order valence-corrected chi connectivity index (χ2v) is 7.00. The van der Waals surface area contributed by atoms with Gasteiger partial charge in [0.15, 0.2) is 0 Å². The normalized spacial score (nSPS) is 19.8. The highest BCUT2D eigenvalue weighted by Gasteiger charge is 2.30. The van der Waals surface area contributed by atoms with E-state index in [9.17, 15) is 9.59 Å². The van der Waals surface area contributed by atoms with Crippen LogP contribution >= 0.6 is 0 Å². The maximum Gasteiger partial charge on any atom is 0.237 e. The van der Waals surface area contributed by atoms with Crippen molar-refractivity contribution in [3.63, 3.8) is 0 Å². The van der Waals surface area contributed by atoms with Gasteiger partial charge < -0.3 is 10.6 Å². The molecule has 1 aliphatic rings. The van der Waals surface area contributed by atoms with E-state index in [0.717, 1.165) is 25.1 Å². The van der Waals surface area contributed by atoms with E-state index in [4.69, 9.17) is 0 Å². The monoisotopic (exact) mass is 331 g/mol. The Morgan fingerprint density at radius 3 is 2.58 bits per heavy atom. The van der Waals surface area contributed by atoms with E-state index >= 15 is 0 Å². The standard InChI is InChI=1S/C19H29N3O2/c1-14(2)12-20-18(23)15(3)22-11-7-8-16(13-22)19(24)21-17-9-5-4-6-10-17/h4-6,9-10,14-16H,7-8,11-13H2,1-3H3,(H,20,23)(H,21,24)/t15-,16+/m1/s1. The molecule has 0 aliphatic carbocycles. The van der Waals surface area contributed by atoms with Crippen LogP contribution in [0.2, 0.25) is 0 Å². The molecule has 2 N–H and O–H groups in total. The number of nitrogens with zero attached hydrogens (tertiary/aromatic N) is 1. The maximum absolute atomic E-state index is 12.5. The predicted octanol–water partition coefficient (Wildman–Crippen LogP) is 2.50. The van der Waals surface area contributed by atoms with Crippen LogP contribution in [-0.4, -0.2) is 42.4 Å². The fourth-order valence-electron chi connectivity index (χ4n) is 2.96. The van der Waals surface area contributed by atoms with E-state index in [-0.39, 0.29) is 23.8 Å². The van der Waals surface area contributed by atoms with Gasteiger partial charge in [0.05, 0.1) is 12.0 Å². The molecule has 5 heteroatoms. The van der Waals surface area contributed by atoms with Crippen LogP contribution in [0.1, 0.15) is 33.6 Å². The Bertz CT molecular complexity index is 545. The fraction of sp³-hybridized carbons (Fsp3) is 0.579. The Morgan fingerprint density at radius 2 is 1.92 bits per heavy atom. The number of anilines is 1. The summed E-state index contributed by atoms with van der Waals surface area (Å²) in [6, 6.07) is 9.32. The molecule has 132 valence electrons. The molecule has 24 heavy (non-hydrogen) atoms. The molecular formula is C19H29N3O2. The Balaban J connectivity index is 1.88. The van der Waals surface area contributed by atoms with Crippen LogP contribution in [0.5, 0.6) is 0 Å². The second-order valence-electron chi connectivity index (χ2n) is 7.00. The molecule has 2 amide bonds. The maximum atomic E-state index is 12.5. The van der Waals surface area contributed by atoms with E-state index in [1.165, 1.54) is 0 Å². The Labute approximate surface area is 144 Å². The smallest absolute Gasteiger partial charge is 0.237 e. The van der Waals surface area contributed by atoms with E-state index in [0.29, 0.717) is 19.0 Å². The van der Waals surface area contributed by atoms with Crippen molar-refractivity contribution < 1.29 is 9.59 Å². The van der Waals surface area contributed by atoms with Crippen LogP contribution in [0, 0.1) is 11.8 Å². The number of carbonyl (C=O) groups is 2. The zero-order valence-electron chi connectivity index (χ0n) is 14.9. The molecule has 1 heterocycles. The van der Waals surface area contributed by atoms with Crippen LogP contribution in [0.25, 0.3) is 0 Å². The zero-order chi connectivity index (χ0) is 17.5. The van der Waals surface area contributed by atoms with Crippen LogP contribution in [0.4, 0.5) is 5.69 Å². The summed E-state index contributed by atoms with van der Waals surface area (Å²) in [5, 5.41) is 5.96. The zero-order valence-corrected chi connectivity index (χ0v) is 14.9. The van der Waals surface area contributed by atoms with E-state index in [1.807, 2.05) is 37.3 Å². The molecule has 0 aromatic heterocycles. The number of hydrogen-bond donors (Lipinski definition) is 2. The minimum Gasteiger partial charge on any atom is -0.354 e. The lowest BCUT2D eigenvalue weighted by Gasteiger charge is -2.35. The Kier molecular flexibility index (Phi) is 6.79. The highest BCUT2D eigenvalue weighted by atomic mass is 16.2. The minimum absolute atomic E-state index is 0.0423. The summed E-state index contributed by atoms with van der Waals surface area (Å²) in [6.07, 6.45) is 1.81. The van der Waals surface area contributed by atoms with E-state index in [2.05, 4.69) is 29.4 Å². The van der Waals surface area contributed by atoms with Crippen molar-refractivity contribution in [2.75, 3.05) is 25.0 Å². The lowest BCUT2D eigenvalue weighted by Crippen LogP contribution is -2.51. The number of benzene rings is 1. The molecule has 1 fully saturated rings. The van der Waals surface area contributed by atoms with Gasteiger partial charge in [-0.2, -0.15) is 0 Å². The van der Waals surface area contributed by atoms with Gasteiger partial charge in [0.2, 0.25) is 11.8 Å². The van der Waals surface area contributed by atoms with Crippen molar-refractivity contribution in [2.45, 2.75) is 39.7 Å². The summed E-state index contributed by atoms with van der Waals surface area (Å²) in [4.78, 5) is 26.9. The summed E-state index contributed by atoms with van der Waals surface area (Å²) < 4.78 is 0. The first kappa shape index (κ1) is 18.5. The van der Waals surface area contributed by atoms with Gasteiger partial charge in [-0.15, -0.1) is 0 Å². The lowest BCUT2D eigenvalue weighted by atomic mass is 9.95. The van der Waals surface area contributed by atoms with Crippen LogP contribution in [0.3, 0.4) is 0 Å². The number of amides is 2. The number of rotatable bonds is 6. The van der Waals surface area contributed by atoms with Gasteiger partial charge in [-0.25, -0.2) is 0 Å². The highest BCUT2D eigenvalue weighted by molar-refractivity contribution is 5.92. The number of carbonyl (C=O) groups excluding carboxylic acids is 2. The predicted molar refractivity (Wildman–Crippen MR) is 96.7 cm³/mol. The van der Waals surface area contributed by atoms with Crippen molar-refractivity contribution in [1.82, 2.24) is 10.2 Å². The number of hydrogen-bond acceptors (Lipinski definition) is 3. The SMILES string of the molecule is CC(C)CNC(=O)[C@@H](C)N1CCC[C@H](C(=O)Nc2ccccc2)C1. The summed E-state index contributed by atoms with van der Waals surface area (Å²) in [5.74, 6) is 0.458. The van der Waals surface area contributed by atoms with Crippen LogP contribution < -0.4 is 10.6 Å². The van der Waals surface area contributed by atoms with Gasteiger partial charge in [0, 0.05) is 18.8 Å². The summed E-state index contributed by atoms with van der Waals surface area (Å²) >= 11 is 0. The first-order valence-electron chi connectivity index (χ1n) is 8.85. The van der Waals surface area contributed by atoms with Gasteiger partial charge >= 0.3 is 0 Å². The molecule has 0 radical (unpaired) electrons. The molecule has 5 nitrogen and oxygen atoms in total. The Morgan fingerprint density at radius 1 is 1.21 bits per heavy atom. The Hall–Kier alpha value is -1.88. The van der Waals surface area contributed by atoms with Crippen molar-refractivity contribution in [2.24, 2.45) is 11.8 Å². The largest absolute Gasteiger partial charge is 0.354 e. The molecule has 1 aliphatic heterocycles. The third kappa shape index (κ3) is 5.34. The average molecular weight is 331 g/mol. The second kappa shape index (κ2) is 8.83. The van der Waals surface area contributed by atoms with Gasteiger partial charge in [-0.3, -0.25) is 14.5 Å². The van der Waals surface area contributed by atoms with Gasteiger partial charge in [0.25, 0.3) is 0 Å². The van der Waals surface area contributed by atoms with Gasteiger partial charge in [0.1, 0.15) is 0 Å². The molecule has 0 bridgehead atoms. The quantitative estimate of drug-likeness (QED) is 0.842. The summed E-state index contributed by atoms with van der Waals surface area (Å²) in [7, 11) is 0. The molecular weight excluding hydrogens is 302 g/mol. The van der Waals surface area contributed by atoms with E-state index < -0.39 is 0 Å². The third-order valence-electron chi connectivity index (χ3n) is 4.48. The van der Waals surface area contributed by atoms with Crippen molar-refractivity contribution in [3.8, 4) is 0 Å². The molecule has 0 unspecified atom stereocenters. The van der Waals surface area contributed by atoms with Crippen molar-refractivity contribution in [1.29, 1.82) is 0 Å². The average Bonchev–Trinajstić information content (AvgIpc) is 2.60. The molecule has 2 rings (SSSR count). The number of likely N-dealkylation sites (tertiary alicyclic amines) is 1. The van der Waals surface area contributed by atoms with Crippen LogP contribution in [-0.2, 0) is 9.59 Å². The minimum atomic E-state index is -0.198. The van der Waals surface area contributed by atoms with Gasteiger partial charge in [-0.1, -0.05) is 32.0 Å². The first-order valence-corrected chi connectivity index (χ1v) is 8.85. The number of para-hydroxylation sites is 1. The third-order valence-corrected chi connectivity index (χ3v) is 4.48. The first-order chi connectivity index (χ1) is 11.5. The van der Waals surface area contributed by atoms with Crippen molar-refractivity contribution >= 4 is 17.5 Å². The topological polar surface area (TPSA) is 61.4 Å². The van der Waals surface area contributed by atoms with E-state index in [1.54, 1.807) is 0 Å². The fourth-order valence-corrected chi connectivity index (χ4v) is 2.96. The van der Waals surface area contributed by atoms with Crippen LogP contribution in [0.15, 0.2) is 30.3 Å². The molecule has 1 aromatic carbocycles. The number of nitrogens with one attached hydrogen (secondary N) is 2. The number of piperidine rings is 1. The molecule has 2 atom stereocenters. The lowest BCUT2D eigenvalue weighted by molar-refractivity contribution is -0.129. The summed E-state index contributed by atoms with van der Waals surface area (Å²) in [5.41, 5.74) is 0.822. The molecule has 1 aromatic rings. The van der Waals surface area contributed by atoms with Crippen molar-refractivity contribution in [3.05, 3.63) is 30.3 Å². The summed E-state index contributed by atoms with van der Waals surface area (Å²) in [6.45, 7) is 8.27. The molecule has 0 saturated carbocycles. The highest BCUT2D eigenvalue weighted by Crippen LogP contribution is 2.20.